The molecule has 1 aromatic heterocycles. The fourth-order valence-corrected chi connectivity index (χ4v) is 2.08. The highest BCUT2D eigenvalue weighted by atomic mass is 16.3. The van der Waals surface area contributed by atoms with Crippen molar-refractivity contribution < 1.29 is 9.52 Å². The van der Waals surface area contributed by atoms with Gasteiger partial charge in [0, 0.05) is 6.42 Å². The number of aliphatic hydroxyl groups excluding tert-OH is 1. The van der Waals surface area contributed by atoms with Crippen LogP contribution in [0.2, 0.25) is 0 Å². The molecular weight excluding hydrogens is 212 g/mol. The first-order valence-electron chi connectivity index (χ1n) is 5.85. The monoisotopic (exact) mass is 230 g/mol. The third kappa shape index (κ3) is 2.59. The summed E-state index contributed by atoms with van der Waals surface area (Å²) in [5, 5.41) is 10.2. The molecule has 1 heterocycles. The Kier molecular flexibility index (Phi) is 3.34. The maximum absolute atomic E-state index is 10.2. The van der Waals surface area contributed by atoms with Gasteiger partial charge in [0.1, 0.15) is 0 Å². The van der Waals surface area contributed by atoms with Gasteiger partial charge in [-0.1, -0.05) is 12.1 Å². The van der Waals surface area contributed by atoms with Gasteiger partial charge in [-0.05, 0) is 54.7 Å². The molecule has 2 heteroatoms. The van der Waals surface area contributed by atoms with Crippen LogP contribution in [0.1, 0.15) is 33.9 Å². The first-order chi connectivity index (χ1) is 8.08. The van der Waals surface area contributed by atoms with Crippen molar-refractivity contribution in [2.75, 3.05) is 0 Å². The van der Waals surface area contributed by atoms with E-state index in [1.165, 1.54) is 11.1 Å². The second kappa shape index (κ2) is 4.76. The van der Waals surface area contributed by atoms with E-state index in [1.807, 2.05) is 13.0 Å². The van der Waals surface area contributed by atoms with Crippen molar-refractivity contribution in [2.24, 2.45) is 0 Å². The Morgan fingerprint density at radius 3 is 2.47 bits per heavy atom. The summed E-state index contributed by atoms with van der Waals surface area (Å²) in [5.74, 6) is 0. The quantitative estimate of drug-likeness (QED) is 0.875. The number of hydrogen-bond acceptors (Lipinski definition) is 2. The standard InChI is InChI=1S/C15H18O2/c1-10-6-12(3)14(7-11(10)2)15(16)8-13-4-5-17-9-13/h4-7,9,15-16H,8H2,1-3H3. The molecule has 0 saturated carbocycles. The summed E-state index contributed by atoms with van der Waals surface area (Å²) in [5.41, 5.74) is 5.66. The van der Waals surface area contributed by atoms with Gasteiger partial charge in [0.25, 0.3) is 0 Å². The molecule has 1 aromatic carbocycles. The molecule has 0 bridgehead atoms. The molecule has 0 spiro atoms. The molecule has 2 nitrogen and oxygen atoms in total. The topological polar surface area (TPSA) is 33.4 Å². The highest BCUT2D eigenvalue weighted by Crippen LogP contribution is 2.24. The summed E-state index contributed by atoms with van der Waals surface area (Å²) in [4.78, 5) is 0. The van der Waals surface area contributed by atoms with Crippen LogP contribution in [0.3, 0.4) is 0 Å². The summed E-state index contributed by atoms with van der Waals surface area (Å²) >= 11 is 0. The molecule has 2 aromatic rings. The van der Waals surface area contributed by atoms with E-state index in [1.54, 1.807) is 12.5 Å². The molecule has 0 fully saturated rings. The predicted molar refractivity (Wildman–Crippen MR) is 68.0 cm³/mol. The van der Waals surface area contributed by atoms with Crippen LogP contribution in [0.4, 0.5) is 0 Å². The lowest BCUT2D eigenvalue weighted by molar-refractivity contribution is 0.177. The summed E-state index contributed by atoms with van der Waals surface area (Å²) < 4.78 is 5.01. The molecule has 2 rings (SSSR count). The Bertz CT molecular complexity index is 498. The number of furan rings is 1. The van der Waals surface area contributed by atoms with E-state index in [0.717, 1.165) is 16.7 Å². The molecule has 0 radical (unpaired) electrons. The van der Waals surface area contributed by atoms with Gasteiger partial charge in [-0.15, -0.1) is 0 Å². The summed E-state index contributed by atoms with van der Waals surface area (Å²) in [6, 6.07) is 6.10. The van der Waals surface area contributed by atoms with Crippen LogP contribution in [0.25, 0.3) is 0 Å². The molecular formula is C15H18O2. The van der Waals surface area contributed by atoms with Crippen molar-refractivity contribution in [3.8, 4) is 0 Å². The molecule has 0 saturated heterocycles. The molecule has 0 aliphatic rings. The fourth-order valence-electron chi connectivity index (χ4n) is 2.08. The van der Waals surface area contributed by atoms with E-state index in [4.69, 9.17) is 4.42 Å². The van der Waals surface area contributed by atoms with Crippen molar-refractivity contribution >= 4 is 0 Å². The van der Waals surface area contributed by atoms with Gasteiger partial charge >= 0.3 is 0 Å². The van der Waals surface area contributed by atoms with Crippen LogP contribution in [0, 0.1) is 20.8 Å². The zero-order valence-electron chi connectivity index (χ0n) is 10.5. The Hall–Kier alpha value is -1.54. The summed E-state index contributed by atoms with van der Waals surface area (Å²) in [6.45, 7) is 6.21. The van der Waals surface area contributed by atoms with Gasteiger partial charge in [-0.25, -0.2) is 0 Å². The Morgan fingerprint density at radius 2 is 1.82 bits per heavy atom. The Labute approximate surface area is 102 Å². The first-order valence-corrected chi connectivity index (χ1v) is 5.85. The lowest BCUT2D eigenvalue weighted by Gasteiger charge is -2.15. The van der Waals surface area contributed by atoms with Crippen molar-refractivity contribution in [1.29, 1.82) is 0 Å². The third-order valence-corrected chi connectivity index (χ3v) is 3.25. The number of aliphatic hydroxyl groups is 1. The van der Waals surface area contributed by atoms with Crippen LogP contribution in [0.5, 0.6) is 0 Å². The first kappa shape index (κ1) is 11.9. The largest absolute Gasteiger partial charge is 0.472 e. The lowest BCUT2D eigenvalue weighted by atomic mass is 9.94. The maximum Gasteiger partial charge on any atom is 0.0935 e. The van der Waals surface area contributed by atoms with Gasteiger partial charge in [0.05, 0.1) is 18.6 Å². The lowest BCUT2D eigenvalue weighted by Crippen LogP contribution is -2.04. The minimum absolute atomic E-state index is 0.466. The van der Waals surface area contributed by atoms with Crippen molar-refractivity contribution in [2.45, 2.75) is 33.3 Å². The predicted octanol–water partition coefficient (Wildman–Crippen LogP) is 3.48. The molecule has 0 aliphatic heterocycles. The minimum Gasteiger partial charge on any atom is -0.472 e. The van der Waals surface area contributed by atoms with Crippen LogP contribution in [0.15, 0.2) is 35.1 Å². The van der Waals surface area contributed by atoms with Gasteiger partial charge in [0.15, 0.2) is 0 Å². The van der Waals surface area contributed by atoms with Gasteiger partial charge < -0.3 is 9.52 Å². The van der Waals surface area contributed by atoms with E-state index in [-0.39, 0.29) is 0 Å². The van der Waals surface area contributed by atoms with E-state index in [9.17, 15) is 5.11 Å². The van der Waals surface area contributed by atoms with Gasteiger partial charge in [-0.2, -0.15) is 0 Å². The molecule has 0 amide bonds. The van der Waals surface area contributed by atoms with Gasteiger partial charge in [0.2, 0.25) is 0 Å². The van der Waals surface area contributed by atoms with Crippen molar-refractivity contribution in [3.63, 3.8) is 0 Å². The van der Waals surface area contributed by atoms with Gasteiger partial charge in [-0.3, -0.25) is 0 Å². The van der Waals surface area contributed by atoms with Crippen LogP contribution < -0.4 is 0 Å². The zero-order chi connectivity index (χ0) is 12.4. The molecule has 90 valence electrons. The summed E-state index contributed by atoms with van der Waals surface area (Å²) in [7, 11) is 0. The molecule has 1 N–H and O–H groups in total. The second-order valence-corrected chi connectivity index (χ2v) is 4.64. The highest BCUT2D eigenvalue weighted by molar-refractivity contribution is 5.38. The van der Waals surface area contributed by atoms with E-state index in [2.05, 4.69) is 26.0 Å². The molecule has 0 aliphatic carbocycles. The van der Waals surface area contributed by atoms with Crippen LogP contribution in [-0.2, 0) is 6.42 Å². The number of benzene rings is 1. The SMILES string of the molecule is Cc1cc(C)c(C(O)Cc2ccoc2)cc1C. The summed E-state index contributed by atoms with van der Waals surface area (Å²) in [6.07, 6.45) is 3.45. The smallest absolute Gasteiger partial charge is 0.0935 e. The van der Waals surface area contributed by atoms with E-state index in [0.29, 0.717) is 6.42 Å². The minimum atomic E-state index is -0.466. The molecule has 1 atom stereocenters. The Balaban J connectivity index is 2.24. The van der Waals surface area contributed by atoms with Crippen LogP contribution >= 0.6 is 0 Å². The molecule has 17 heavy (non-hydrogen) atoms. The fraction of sp³-hybridized carbons (Fsp3) is 0.333. The van der Waals surface area contributed by atoms with Crippen LogP contribution in [-0.4, -0.2) is 5.11 Å². The third-order valence-electron chi connectivity index (χ3n) is 3.25. The Morgan fingerprint density at radius 1 is 1.12 bits per heavy atom. The van der Waals surface area contributed by atoms with E-state index < -0.39 is 6.10 Å². The average Bonchev–Trinajstić information content (AvgIpc) is 2.76. The number of aryl methyl sites for hydroxylation is 3. The zero-order valence-corrected chi connectivity index (χ0v) is 10.5. The molecule has 1 unspecified atom stereocenters. The van der Waals surface area contributed by atoms with E-state index >= 15 is 0 Å². The second-order valence-electron chi connectivity index (χ2n) is 4.64. The number of rotatable bonds is 3. The van der Waals surface area contributed by atoms with Crippen molar-refractivity contribution in [1.82, 2.24) is 0 Å². The van der Waals surface area contributed by atoms with Crippen molar-refractivity contribution in [3.05, 3.63) is 58.5 Å². The normalized spacial score (nSPS) is 12.7. The number of hydrogen-bond donors (Lipinski definition) is 1. The maximum atomic E-state index is 10.2. The highest BCUT2D eigenvalue weighted by Gasteiger charge is 2.13. The average molecular weight is 230 g/mol.